The number of hydrogen-bond donors (Lipinski definition) is 2. The number of carbonyl (C=O) groups is 1. The molecule has 1 heterocycles. The molecule has 1 saturated heterocycles. The van der Waals surface area contributed by atoms with Gasteiger partial charge in [-0.2, -0.15) is 0 Å². The minimum Gasteiger partial charge on any atom is -0.480 e. The van der Waals surface area contributed by atoms with Crippen LogP contribution in [0.2, 0.25) is 0 Å². The minimum absolute atomic E-state index is 0.170. The summed E-state index contributed by atoms with van der Waals surface area (Å²) >= 11 is 0. The van der Waals surface area contributed by atoms with Crippen LogP contribution in [0.5, 0.6) is 0 Å². The number of nitrogens with zero attached hydrogens (tertiary/aromatic N) is 2. The van der Waals surface area contributed by atoms with E-state index in [0.29, 0.717) is 6.54 Å². The van der Waals surface area contributed by atoms with Crippen molar-refractivity contribution in [1.82, 2.24) is 15.1 Å². The first-order valence-electron chi connectivity index (χ1n) is 6.25. The topological polar surface area (TPSA) is 55.8 Å². The molecule has 0 saturated carbocycles. The van der Waals surface area contributed by atoms with E-state index >= 15 is 0 Å². The second kappa shape index (κ2) is 5.80. The van der Waals surface area contributed by atoms with Crippen LogP contribution in [0.25, 0.3) is 0 Å². The van der Waals surface area contributed by atoms with Gasteiger partial charge < -0.3 is 10.0 Å². The third kappa shape index (κ3) is 4.26. The Morgan fingerprint density at radius 2 is 1.88 bits per heavy atom. The molecular weight excluding hydrogens is 218 g/mol. The summed E-state index contributed by atoms with van der Waals surface area (Å²) in [5, 5.41) is 12.5. The maximum atomic E-state index is 11.4. The highest BCUT2D eigenvalue weighted by molar-refractivity contribution is 5.78. The number of carboxylic acid groups (broad SMARTS) is 1. The van der Waals surface area contributed by atoms with Crippen molar-refractivity contribution < 1.29 is 9.90 Å². The lowest BCUT2D eigenvalue weighted by Gasteiger charge is -2.38. The molecule has 1 rings (SSSR count). The number of aliphatic carboxylic acids is 1. The van der Waals surface area contributed by atoms with Crippen molar-refractivity contribution in [3.05, 3.63) is 0 Å². The highest BCUT2D eigenvalue weighted by atomic mass is 16.4. The van der Waals surface area contributed by atoms with E-state index in [1.165, 1.54) is 0 Å². The molecule has 17 heavy (non-hydrogen) atoms. The highest BCUT2D eigenvalue weighted by Gasteiger charge is 2.35. The van der Waals surface area contributed by atoms with Crippen LogP contribution in [0.3, 0.4) is 0 Å². The quantitative estimate of drug-likeness (QED) is 0.716. The maximum Gasteiger partial charge on any atom is 0.324 e. The zero-order chi connectivity index (χ0) is 13.1. The van der Waals surface area contributed by atoms with Crippen LogP contribution in [-0.4, -0.2) is 72.2 Å². The van der Waals surface area contributed by atoms with Crippen LogP contribution >= 0.6 is 0 Å². The SMILES string of the molecule is CC(C)NC(C)(CN1CCN(C)CC1)C(=O)O. The summed E-state index contributed by atoms with van der Waals surface area (Å²) in [6.07, 6.45) is 0. The molecule has 0 spiro atoms. The van der Waals surface area contributed by atoms with E-state index < -0.39 is 11.5 Å². The fourth-order valence-electron chi connectivity index (χ4n) is 2.27. The normalized spacial score (nSPS) is 22.6. The highest BCUT2D eigenvalue weighted by Crippen LogP contribution is 2.11. The van der Waals surface area contributed by atoms with Gasteiger partial charge in [0.05, 0.1) is 0 Å². The van der Waals surface area contributed by atoms with Crippen molar-refractivity contribution in [3.8, 4) is 0 Å². The van der Waals surface area contributed by atoms with Gasteiger partial charge in [-0.25, -0.2) is 0 Å². The standard InChI is InChI=1S/C12H25N3O2/c1-10(2)13-12(3,11(16)17)9-15-7-5-14(4)6-8-15/h10,13H,5-9H2,1-4H3,(H,16,17). The number of hydrogen-bond acceptors (Lipinski definition) is 4. The van der Waals surface area contributed by atoms with Gasteiger partial charge in [0.2, 0.25) is 0 Å². The average Bonchev–Trinajstić information content (AvgIpc) is 2.20. The van der Waals surface area contributed by atoms with Gasteiger partial charge in [0.15, 0.2) is 0 Å². The fraction of sp³-hybridized carbons (Fsp3) is 0.917. The molecule has 0 aliphatic carbocycles. The van der Waals surface area contributed by atoms with Crippen molar-refractivity contribution in [3.63, 3.8) is 0 Å². The van der Waals surface area contributed by atoms with Crippen LogP contribution in [0.4, 0.5) is 0 Å². The van der Waals surface area contributed by atoms with Crippen molar-refractivity contribution >= 4 is 5.97 Å². The molecule has 0 aromatic rings. The zero-order valence-corrected chi connectivity index (χ0v) is 11.4. The monoisotopic (exact) mass is 243 g/mol. The Morgan fingerprint density at radius 3 is 2.29 bits per heavy atom. The van der Waals surface area contributed by atoms with E-state index in [0.717, 1.165) is 26.2 Å². The molecule has 1 aliphatic rings. The predicted molar refractivity (Wildman–Crippen MR) is 68.2 cm³/mol. The number of likely N-dealkylation sites (N-methyl/N-ethyl adjacent to an activating group) is 1. The van der Waals surface area contributed by atoms with Crippen LogP contribution in [0.1, 0.15) is 20.8 Å². The predicted octanol–water partition coefficient (Wildman–Crippen LogP) is 0.0751. The lowest BCUT2D eigenvalue weighted by molar-refractivity contribution is -0.145. The number of piperazine rings is 1. The molecule has 0 aromatic heterocycles. The first kappa shape index (κ1) is 14.4. The van der Waals surface area contributed by atoms with Crippen molar-refractivity contribution in [2.45, 2.75) is 32.4 Å². The van der Waals surface area contributed by atoms with E-state index in [2.05, 4.69) is 22.2 Å². The number of carboxylic acids is 1. The summed E-state index contributed by atoms with van der Waals surface area (Å²) in [7, 11) is 2.10. The second-order valence-electron chi connectivity index (χ2n) is 5.52. The molecule has 0 bridgehead atoms. The second-order valence-corrected chi connectivity index (χ2v) is 5.52. The third-order valence-corrected chi connectivity index (χ3v) is 3.21. The Kier molecular flexibility index (Phi) is 4.91. The molecule has 0 aromatic carbocycles. The summed E-state index contributed by atoms with van der Waals surface area (Å²) in [5.41, 5.74) is -0.857. The Labute approximate surface area is 104 Å². The Bertz CT molecular complexity index is 262. The molecule has 1 unspecified atom stereocenters. The smallest absolute Gasteiger partial charge is 0.324 e. The van der Waals surface area contributed by atoms with Gasteiger partial charge in [0, 0.05) is 38.8 Å². The lowest BCUT2D eigenvalue weighted by atomic mass is 10.00. The van der Waals surface area contributed by atoms with Gasteiger partial charge in [0.1, 0.15) is 5.54 Å². The summed E-state index contributed by atoms with van der Waals surface area (Å²) in [6, 6.07) is 0.170. The van der Waals surface area contributed by atoms with Gasteiger partial charge in [0.25, 0.3) is 0 Å². The van der Waals surface area contributed by atoms with Crippen LogP contribution in [0.15, 0.2) is 0 Å². The van der Waals surface area contributed by atoms with E-state index in [9.17, 15) is 9.90 Å². The van der Waals surface area contributed by atoms with E-state index in [1.807, 2.05) is 13.8 Å². The molecular formula is C12H25N3O2. The van der Waals surface area contributed by atoms with Gasteiger partial charge in [-0.3, -0.25) is 15.0 Å². The number of nitrogens with one attached hydrogen (secondary N) is 1. The van der Waals surface area contributed by atoms with Crippen LogP contribution < -0.4 is 5.32 Å². The largest absolute Gasteiger partial charge is 0.480 e. The van der Waals surface area contributed by atoms with E-state index in [1.54, 1.807) is 6.92 Å². The maximum absolute atomic E-state index is 11.4. The fourth-order valence-corrected chi connectivity index (χ4v) is 2.27. The van der Waals surface area contributed by atoms with Gasteiger partial charge >= 0.3 is 5.97 Å². The molecule has 100 valence electrons. The third-order valence-electron chi connectivity index (χ3n) is 3.21. The summed E-state index contributed by atoms with van der Waals surface area (Å²) in [5.74, 6) is -0.773. The summed E-state index contributed by atoms with van der Waals surface area (Å²) in [6.45, 7) is 10.2. The Morgan fingerprint density at radius 1 is 1.35 bits per heavy atom. The molecule has 1 aliphatic heterocycles. The summed E-state index contributed by atoms with van der Waals surface area (Å²) < 4.78 is 0. The van der Waals surface area contributed by atoms with Gasteiger partial charge in [-0.05, 0) is 27.8 Å². The molecule has 0 radical (unpaired) electrons. The Hall–Kier alpha value is -0.650. The number of rotatable bonds is 5. The van der Waals surface area contributed by atoms with Crippen molar-refractivity contribution in [1.29, 1.82) is 0 Å². The molecule has 1 atom stereocenters. The molecule has 5 heteroatoms. The zero-order valence-electron chi connectivity index (χ0n) is 11.4. The summed E-state index contributed by atoms with van der Waals surface area (Å²) in [4.78, 5) is 15.9. The molecule has 0 amide bonds. The lowest BCUT2D eigenvalue weighted by Crippen LogP contribution is -2.61. The molecule has 5 nitrogen and oxygen atoms in total. The average molecular weight is 243 g/mol. The minimum atomic E-state index is -0.857. The first-order chi connectivity index (χ1) is 7.83. The van der Waals surface area contributed by atoms with Gasteiger partial charge in [-0.15, -0.1) is 0 Å². The van der Waals surface area contributed by atoms with Crippen LogP contribution in [-0.2, 0) is 4.79 Å². The van der Waals surface area contributed by atoms with E-state index in [-0.39, 0.29) is 6.04 Å². The van der Waals surface area contributed by atoms with Gasteiger partial charge in [-0.1, -0.05) is 0 Å². The molecule has 2 N–H and O–H groups in total. The first-order valence-corrected chi connectivity index (χ1v) is 6.25. The van der Waals surface area contributed by atoms with Crippen molar-refractivity contribution in [2.75, 3.05) is 39.8 Å². The van der Waals surface area contributed by atoms with E-state index in [4.69, 9.17) is 0 Å². The Balaban J connectivity index is 2.57. The molecule has 1 fully saturated rings. The van der Waals surface area contributed by atoms with Crippen molar-refractivity contribution in [2.24, 2.45) is 0 Å². The van der Waals surface area contributed by atoms with Crippen LogP contribution in [0, 0.1) is 0 Å².